The predicted octanol–water partition coefficient (Wildman–Crippen LogP) is 2.47. The molecule has 0 spiro atoms. The Morgan fingerprint density at radius 2 is 2.00 bits per heavy atom. The number of fused-ring (bicyclic) bond motifs is 1. The molecule has 1 aromatic carbocycles. The Labute approximate surface area is 134 Å². The van der Waals surface area contributed by atoms with Crippen molar-refractivity contribution in [2.45, 2.75) is 32.9 Å². The minimum Gasteiger partial charge on any atom is -0.496 e. The van der Waals surface area contributed by atoms with Crippen molar-refractivity contribution in [2.24, 2.45) is 0 Å². The number of hydrogen-bond donors (Lipinski definition) is 0. The highest BCUT2D eigenvalue weighted by Crippen LogP contribution is 2.34. The number of hydrogen-bond acceptors (Lipinski definition) is 4. The molecule has 0 amide bonds. The second-order valence-corrected chi connectivity index (χ2v) is 6.31. The first-order chi connectivity index (χ1) is 10.7. The van der Waals surface area contributed by atoms with Crippen molar-refractivity contribution >= 4 is 0 Å². The molecule has 0 aliphatic carbocycles. The first-order valence-electron chi connectivity index (χ1n) is 8.46. The molecule has 4 heteroatoms. The van der Waals surface area contributed by atoms with Crippen molar-refractivity contribution in [1.82, 2.24) is 9.80 Å². The number of benzene rings is 1. The van der Waals surface area contributed by atoms with Crippen LogP contribution in [0.15, 0.2) is 12.1 Å². The van der Waals surface area contributed by atoms with E-state index in [2.05, 4.69) is 35.8 Å². The van der Waals surface area contributed by atoms with Crippen LogP contribution in [0.5, 0.6) is 5.75 Å². The van der Waals surface area contributed by atoms with Gasteiger partial charge in [0.2, 0.25) is 0 Å². The van der Waals surface area contributed by atoms with E-state index in [0.717, 1.165) is 58.1 Å². The third-order valence-corrected chi connectivity index (χ3v) is 5.11. The molecule has 4 nitrogen and oxygen atoms in total. The molecule has 0 saturated carbocycles. The first kappa shape index (κ1) is 15.8. The molecule has 22 heavy (non-hydrogen) atoms. The number of rotatable bonds is 4. The largest absolute Gasteiger partial charge is 0.496 e. The topological polar surface area (TPSA) is 24.9 Å². The lowest BCUT2D eigenvalue weighted by molar-refractivity contribution is 0.0338. The van der Waals surface area contributed by atoms with Gasteiger partial charge in [-0.15, -0.1) is 0 Å². The molecule has 1 saturated heterocycles. The minimum absolute atomic E-state index is 0.486. The van der Waals surface area contributed by atoms with Gasteiger partial charge in [-0.05, 0) is 37.1 Å². The fourth-order valence-electron chi connectivity index (χ4n) is 3.70. The van der Waals surface area contributed by atoms with Gasteiger partial charge in [-0.3, -0.25) is 9.80 Å². The van der Waals surface area contributed by atoms with Crippen LogP contribution in [0.1, 0.15) is 36.6 Å². The quantitative estimate of drug-likeness (QED) is 0.853. The van der Waals surface area contributed by atoms with Crippen LogP contribution in [-0.4, -0.2) is 56.3 Å². The van der Waals surface area contributed by atoms with Gasteiger partial charge in [-0.2, -0.15) is 0 Å². The molecule has 0 N–H and O–H groups in total. The fraction of sp³-hybridized carbons (Fsp3) is 0.667. The maximum absolute atomic E-state index is 5.69. The van der Waals surface area contributed by atoms with Crippen LogP contribution < -0.4 is 4.74 Å². The Kier molecular flexibility index (Phi) is 5.01. The number of likely N-dealkylation sites (N-methyl/N-ethyl adjacent to an activating group) is 1. The van der Waals surface area contributed by atoms with Gasteiger partial charge >= 0.3 is 0 Å². The van der Waals surface area contributed by atoms with Crippen LogP contribution in [0.3, 0.4) is 0 Å². The Hall–Kier alpha value is -1.10. The number of methoxy groups -OCH3 is 1. The van der Waals surface area contributed by atoms with Crippen molar-refractivity contribution in [3.05, 3.63) is 28.8 Å². The maximum Gasteiger partial charge on any atom is 0.123 e. The summed E-state index contributed by atoms with van der Waals surface area (Å²) in [5.74, 6) is 1.04. The summed E-state index contributed by atoms with van der Waals surface area (Å²) in [6, 6.07) is 5.14. The van der Waals surface area contributed by atoms with E-state index in [9.17, 15) is 0 Å². The summed E-state index contributed by atoms with van der Waals surface area (Å²) in [6.07, 6.45) is 1.15. The van der Waals surface area contributed by atoms with Crippen LogP contribution in [0, 0.1) is 0 Å². The van der Waals surface area contributed by atoms with Gasteiger partial charge in [-0.1, -0.05) is 13.0 Å². The summed E-state index contributed by atoms with van der Waals surface area (Å²) in [7, 11) is 1.79. The highest BCUT2D eigenvalue weighted by molar-refractivity contribution is 5.45. The van der Waals surface area contributed by atoms with Gasteiger partial charge in [0, 0.05) is 37.8 Å². The molecule has 3 rings (SSSR count). The summed E-state index contributed by atoms with van der Waals surface area (Å²) in [6.45, 7) is 11.5. The Bertz CT molecular complexity index is 512. The summed E-state index contributed by atoms with van der Waals surface area (Å²) in [5, 5.41) is 0. The van der Waals surface area contributed by atoms with Gasteiger partial charge in [0.25, 0.3) is 0 Å². The van der Waals surface area contributed by atoms with Crippen molar-refractivity contribution in [3.8, 4) is 5.75 Å². The standard InChI is InChI=1S/C18H28N2O2/c1-4-20-6-5-15-11-16(13-19-7-9-22-10-8-19)18(21-3)12-17(15)14(20)2/h11-12,14H,4-10,13H2,1-3H3. The van der Waals surface area contributed by atoms with E-state index in [1.807, 2.05) is 0 Å². The molecule has 1 atom stereocenters. The molecule has 0 radical (unpaired) electrons. The average Bonchev–Trinajstić information content (AvgIpc) is 2.56. The fourth-order valence-corrected chi connectivity index (χ4v) is 3.70. The van der Waals surface area contributed by atoms with Gasteiger partial charge in [0.05, 0.1) is 20.3 Å². The lowest BCUT2D eigenvalue weighted by Gasteiger charge is -2.35. The molecule has 0 aromatic heterocycles. The highest BCUT2D eigenvalue weighted by atomic mass is 16.5. The second-order valence-electron chi connectivity index (χ2n) is 6.31. The normalized spacial score (nSPS) is 23.3. The second kappa shape index (κ2) is 6.99. The zero-order chi connectivity index (χ0) is 15.5. The molecule has 1 aromatic rings. The smallest absolute Gasteiger partial charge is 0.123 e. The zero-order valence-corrected chi connectivity index (χ0v) is 14.1. The zero-order valence-electron chi connectivity index (χ0n) is 14.1. The van der Waals surface area contributed by atoms with Gasteiger partial charge in [0.15, 0.2) is 0 Å². The van der Waals surface area contributed by atoms with E-state index < -0.39 is 0 Å². The number of nitrogens with zero attached hydrogens (tertiary/aromatic N) is 2. The van der Waals surface area contributed by atoms with E-state index >= 15 is 0 Å². The maximum atomic E-state index is 5.69. The van der Waals surface area contributed by atoms with Crippen LogP contribution in [0.2, 0.25) is 0 Å². The van der Waals surface area contributed by atoms with Gasteiger partial charge in [0.1, 0.15) is 5.75 Å². The first-order valence-corrected chi connectivity index (χ1v) is 8.46. The van der Waals surface area contributed by atoms with Gasteiger partial charge < -0.3 is 9.47 Å². The Morgan fingerprint density at radius 3 is 2.68 bits per heavy atom. The van der Waals surface area contributed by atoms with Crippen LogP contribution >= 0.6 is 0 Å². The van der Waals surface area contributed by atoms with E-state index in [-0.39, 0.29) is 0 Å². The van der Waals surface area contributed by atoms with Crippen molar-refractivity contribution in [2.75, 3.05) is 46.5 Å². The molecule has 1 unspecified atom stereocenters. The summed E-state index contributed by atoms with van der Waals surface area (Å²) in [4.78, 5) is 4.99. The highest BCUT2D eigenvalue weighted by Gasteiger charge is 2.25. The van der Waals surface area contributed by atoms with Crippen molar-refractivity contribution in [1.29, 1.82) is 0 Å². The van der Waals surface area contributed by atoms with Gasteiger partial charge in [-0.25, -0.2) is 0 Å². The molecule has 1 fully saturated rings. The lowest BCUT2D eigenvalue weighted by atomic mass is 9.91. The van der Waals surface area contributed by atoms with E-state index in [0.29, 0.717) is 6.04 Å². The molecule has 0 bridgehead atoms. The third kappa shape index (κ3) is 3.14. The predicted molar refractivity (Wildman–Crippen MR) is 88.5 cm³/mol. The molecule has 122 valence electrons. The molecule has 2 aliphatic rings. The van der Waals surface area contributed by atoms with Crippen molar-refractivity contribution in [3.63, 3.8) is 0 Å². The third-order valence-electron chi connectivity index (χ3n) is 5.11. The van der Waals surface area contributed by atoms with Crippen LogP contribution in [-0.2, 0) is 17.7 Å². The van der Waals surface area contributed by atoms with E-state index in [4.69, 9.17) is 9.47 Å². The SMILES string of the molecule is CCN1CCc2cc(CN3CCOCC3)c(OC)cc2C1C. The number of ether oxygens (including phenoxy) is 2. The Morgan fingerprint density at radius 1 is 1.23 bits per heavy atom. The summed E-state index contributed by atoms with van der Waals surface area (Å²) in [5.41, 5.74) is 4.26. The molecule has 2 heterocycles. The molecular weight excluding hydrogens is 276 g/mol. The van der Waals surface area contributed by atoms with Crippen LogP contribution in [0.4, 0.5) is 0 Å². The lowest BCUT2D eigenvalue weighted by Crippen LogP contribution is -2.36. The van der Waals surface area contributed by atoms with E-state index in [1.54, 1.807) is 7.11 Å². The van der Waals surface area contributed by atoms with Crippen molar-refractivity contribution < 1.29 is 9.47 Å². The average molecular weight is 304 g/mol. The minimum atomic E-state index is 0.486. The molecule has 2 aliphatic heterocycles. The van der Waals surface area contributed by atoms with E-state index in [1.165, 1.54) is 16.7 Å². The summed E-state index contributed by atoms with van der Waals surface area (Å²) >= 11 is 0. The summed E-state index contributed by atoms with van der Waals surface area (Å²) < 4.78 is 11.1. The van der Waals surface area contributed by atoms with Crippen LogP contribution in [0.25, 0.3) is 0 Å². The number of morpholine rings is 1. The molecular formula is C18H28N2O2. The monoisotopic (exact) mass is 304 g/mol. The Balaban J connectivity index is 1.85.